The van der Waals surface area contributed by atoms with E-state index in [0.717, 1.165) is 23.0 Å². The Morgan fingerprint density at radius 2 is 2.09 bits per heavy atom. The van der Waals surface area contributed by atoms with E-state index in [9.17, 15) is 4.79 Å². The number of nitrogen functional groups attached to an aromatic ring is 1. The number of anilines is 1. The van der Waals surface area contributed by atoms with Gasteiger partial charge in [0.05, 0.1) is 16.3 Å². The van der Waals surface area contributed by atoms with Crippen molar-refractivity contribution in [1.82, 2.24) is 4.98 Å². The first-order valence-electron chi connectivity index (χ1n) is 7.67. The maximum absolute atomic E-state index is 12.1. The van der Waals surface area contributed by atoms with E-state index in [1.54, 1.807) is 0 Å². The number of aromatic nitrogens is 1. The molecule has 1 heterocycles. The molecule has 1 aromatic carbocycles. The van der Waals surface area contributed by atoms with Crippen molar-refractivity contribution >= 4 is 22.4 Å². The van der Waals surface area contributed by atoms with Gasteiger partial charge >= 0.3 is 0 Å². The van der Waals surface area contributed by atoms with Crippen molar-refractivity contribution < 1.29 is 9.53 Å². The van der Waals surface area contributed by atoms with Gasteiger partial charge in [0, 0.05) is 17.8 Å². The minimum absolute atomic E-state index is 0.220. The number of Topliss-reactive ketones (excluding diaryl/α,β-unsaturated/α-hetero) is 1. The van der Waals surface area contributed by atoms with Gasteiger partial charge in [-0.2, -0.15) is 0 Å². The first-order valence-corrected chi connectivity index (χ1v) is 7.67. The fourth-order valence-corrected chi connectivity index (χ4v) is 2.45. The minimum Gasteiger partial charge on any atom is -0.492 e. The molecule has 0 aliphatic heterocycles. The highest BCUT2D eigenvalue weighted by Gasteiger charge is 2.27. The number of ether oxygens (including phenoxy) is 1. The maximum atomic E-state index is 12.1. The Bertz CT molecular complexity index is 693. The van der Waals surface area contributed by atoms with Gasteiger partial charge in [-0.05, 0) is 45.4 Å². The molecule has 4 nitrogen and oxygen atoms in total. The van der Waals surface area contributed by atoms with Crippen molar-refractivity contribution in [2.45, 2.75) is 40.5 Å². The minimum atomic E-state index is -0.509. The van der Waals surface area contributed by atoms with Crippen LogP contribution in [0.15, 0.2) is 24.3 Å². The number of carbonyl (C=O) groups is 1. The second kappa shape index (κ2) is 6.34. The molecule has 22 heavy (non-hydrogen) atoms. The topological polar surface area (TPSA) is 65.2 Å². The summed E-state index contributed by atoms with van der Waals surface area (Å²) in [5.41, 5.74) is 7.95. The summed E-state index contributed by atoms with van der Waals surface area (Å²) >= 11 is 0. The third-order valence-electron chi connectivity index (χ3n) is 3.77. The van der Waals surface area contributed by atoms with E-state index in [1.807, 2.05) is 52.0 Å². The Morgan fingerprint density at radius 3 is 2.77 bits per heavy atom. The summed E-state index contributed by atoms with van der Waals surface area (Å²) < 4.78 is 5.93. The Morgan fingerprint density at radius 1 is 1.36 bits per heavy atom. The number of rotatable bonds is 6. The van der Waals surface area contributed by atoms with Gasteiger partial charge in [-0.3, -0.25) is 9.78 Å². The normalized spacial score (nSPS) is 11.6. The number of pyridine rings is 1. The molecule has 0 spiro atoms. The largest absolute Gasteiger partial charge is 0.492 e. The van der Waals surface area contributed by atoms with Crippen LogP contribution in [0.3, 0.4) is 0 Å². The quantitative estimate of drug-likeness (QED) is 0.878. The van der Waals surface area contributed by atoms with Crippen LogP contribution in [0.5, 0.6) is 5.75 Å². The van der Waals surface area contributed by atoms with E-state index in [0.29, 0.717) is 24.5 Å². The molecule has 4 heteroatoms. The molecule has 2 rings (SSSR count). The Balaban J connectivity index is 2.27. The van der Waals surface area contributed by atoms with Gasteiger partial charge in [0.25, 0.3) is 0 Å². The molecule has 0 amide bonds. The number of hydrogen-bond donors (Lipinski definition) is 1. The Hall–Kier alpha value is -2.10. The smallest absolute Gasteiger partial charge is 0.141 e. The number of aryl methyl sites for hydroxylation is 1. The average molecular weight is 300 g/mol. The number of fused-ring (bicyclic) bond motifs is 1. The van der Waals surface area contributed by atoms with E-state index in [4.69, 9.17) is 10.5 Å². The van der Waals surface area contributed by atoms with E-state index >= 15 is 0 Å². The highest BCUT2D eigenvalue weighted by molar-refractivity contribution is 5.95. The highest BCUT2D eigenvalue weighted by atomic mass is 16.5. The molecule has 0 radical (unpaired) electrons. The van der Waals surface area contributed by atoms with Crippen molar-refractivity contribution in [2.75, 3.05) is 12.3 Å². The van der Waals surface area contributed by atoms with Crippen LogP contribution in [0.1, 0.15) is 39.3 Å². The van der Waals surface area contributed by atoms with Crippen molar-refractivity contribution in [3.05, 3.63) is 30.0 Å². The van der Waals surface area contributed by atoms with Crippen molar-refractivity contribution in [2.24, 2.45) is 5.41 Å². The molecule has 0 aliphatic rings. The second-order valence-electron chi connectivity index (χ2n) is 6.35. The lowest BCUT2D eigenvalue weighted by atomic mass is 9.87. The molecule has 0 unspecified atom stereocenters. The lowest BCUT2D eigenvalue weighted by molar-refractivity contribution is -0.128. The monoisotopic (exact) mass is 300 g/mol. The van der Waals surface area contributed by atoms with Crippen LogP contribution in [0.4, 0.5) is 5.69 Å². The standard InChI is InChI=1S/C18H24N2O2/c1-5-7-16(21)18(3,4)11-22-15-9-6-8-14-17(15)13(19)10-12(2)20-14/h6,8-10H,5,7,11H2,1-4H3,(H2,19,20). The van der Waals surface area contributed by atoms with E-state index in [1.165, 1.54) is 0 Å². The summed E-state index contributed by atoms with van der Waals surface area (Å²) in [7, 11) is 0. The number of carbonyl (C=O) groups excluding carboxylic acids is 1. The van der Waals surface area contributed by atoms with Gasteiger partial charge in [-0.25, -0.2) is 0 Å². The van der Waals surface area contributed by atoms with Crippen LogP contribution in [0.2, 0.25) is 0 Å². The first-order chi connectivity index (χ1) is 10.3. The predicted molar refractivity (Wildman–Crippen MR) is 90.1 cm³/mol. The zero-order valence-corrected chi connectivity index (χ0v) is 13.8. The molecule has 1 aromatic heterocycles. The SMILES string of the molecule is CCCC(=O)C(C)(C)COc1cccc2nc(C)cc(N)c12. The van der Waals surface area contributed by atoms with Gasteiger partial charge in [-0.15, -0.1) is 0 Å². The third kappa shape index (κ3) is 3.38. The number of ketones is 1. The number of nitrogens with zero attached hydrogens (tertiary/aromatic N) is 1. The molecular weight excluding hydrogens is 276 g/mol. The Labute approximate surface area is 131 Å². The van der Waals surface area contributed by atoms with Crippen LogP contribution in [-0.4, -0.2) is 17.4 Å². The molecule has 0 atom stereocenters. The van der Waals surface area contributed by atoms with Gasteiger partial charge in [-0.1, -0.05) is 13.0 Å². The second-order valence-corrected chi connectivity index (χ2v) is 6.35. The highest BCUT2D eigenvalue weighted by Crippen LogP contribution is 2.31. The van der Waals surface area contributed by atoms with Crippen LogP contribution >= 0.6 is 0 Å². The molecule has 2 N–H and O–H groups in total. The summed E-state index contributed by atoms with van der Waals surface area (Å²) in [6.07, 6.45) is 1.43. The fourth-order valence-electron chi connectivity index (χ4n) is 2.45. The lowest BCUT2D eigenvalue weighted by Crippen LogP contribution is -2.31. The van der Waals surface area contributed by atoms with Crippen LogP contribution in [0, 0.1) is 12.3 Å². The molecule has 0 aliphatic carbocycles. The third-order valence-corrected chi connectivity index (χ3v) is 3.77. The first kappa shape index (κ1) is 16.3. The van der Waals surface area contributed by atoms with Gasteiger partial charge < -0.3 is 10.5 Å². The zero-order chi connectivity index (χ0) is 16.3. The van der Waals surface area contributed by atoms with Crippen LogP contribution < -0.4 is 10.5 Å². The van der Waals surface area contributed by atoms with Gasteiger partial charge in [0.15, 0.2) is 0 Å². The lowest BCUT2D eigenvalue weighted by Gasteiger charge is -2.23. The van der Waals surface area contributed by atoms with Crippen LogP contribution in [-0.2, 0) is 4.79 Å². The average Bonchev–Trinajstić information content (AvgIpc) is 2.44. The Kier molecular flexibility index (Phi) is 4.69. The molecule has 0 saturated heterocycles. The number of benzene rings is 1. The zero-order valence-electron chi connectivity index (χ0n) is 13.8. The summed E-state index contributed by atoms with van der Waals surface area (Å²) in [6.45, 7) is 8.09. The van der Waals surface area contributed by atoms with E-state index in [-0.39, 0.29) is 5.78 Å². The fraction of sp³-hybridized carbons (Fsp3) is 0.444. The summed E-state index contributed by atoms with van der Waals surface area (Å²) in [4.78, 5) is 16.6. The summed E-state index contributed by atoms with van der Waals surface area (Å²) in [5.74, 6) is 0.900. The van der Waals surface area contributed by atoms with E-state index < -0.39 is 5.41 Å². The molecule has 0 bridgehead atoms. The molecule has 0 saturated carbocycles. The predicted octanol–water partition coefficient (Wildman–Crippen LogP) is 3.90. The number of hydrogen-bond acceptors (Lipinski definition) is 4. The van der Waals surface area contributed by atoms with Gasteiger partial charge in [0.2, 0.25) is 0 Å². The van der Waals surface area contributed by atoms with Crippen molar-refractivity contribution in [3.8, 4) is 5.75 Å². The van der Waals surface area contributed by atoms with E-state index in [2.05, 4.69) is 4.98 Å². The van der Waals surface area contributed by atoms with Gasteiger partial charge in [0.1, 0.15) is 18.1 Å². The van der Waals surface area contributed by atoms with Crippen molar-refractivity contribution in [3.63, 3.8) is 0 Å². The van der Waals surface area contributed by atoms with Crippen molar-refractivity contribution in [1.29, 1.82) is 0 Å². The molecule has 2 aromatic rings. The maximum Gasteiger partial charge on any atom is 0.141 e. The molecular formula is C18H24N2O2. The summed E-state index contributed by atoms with van der Waals surface area (Å²) in [5, 5.41) is 0.812. The molecule has 118 valence electrons. The number of nitrogens with two attached hydrogens (primary N) is 1. The molecule has 0 fully saturated rings. The van der Waals surface area contributed by atoms with Crippen LogP contribution in [0.25, 0.3) is 10.9 Å². The summed E-state index contributed by atoms with van der Waals surface area (Å²) in [6, 6.07) is 7.52.